The largest absolute Gasteiger partial charge is 0.369 e. The van der Waals surface area contributed by atoms with Crippen LogP contribution in [0, 0.1) is 6.92 Å². The minimum absolute atomic E-state index is 0.235. The molecule has 5 nitrogen and oxygen atoms in total. The van der Waals surface area contributed by atoms with E-state index in [1.54, 1.807) is 12.1 Å². The minimum atomic E-state index is -0.235. The number of carbonyl (C=O) groups excluding carboxylic acids is 1. The Labute approximate surface area is 137 Å². The van der Waals surface area contributed by atoms with Crippen LogP contribution in [0.25, 0.3) is 0 Å². The zero-order valence-corrected chi connectivity index (χ0v) is 14.0. The Hall–Kier alpha value is -2.43. The molecule has 1 heterocycles. The van der Waals surface area contributed by atoms with Crippen LogP contribution in [0.4, 0.5) is 11.5 Å². The number of nitrogens with one attached hydrogen (secondary N) is 2. The molecular formula is C18H24N4O. The van der Waals surface area contributed by atoms with Crippen LogP contribution in [0.1, 0.15) is 48.3 Å². The van der Waals surface area contributed by atoms with Crippen LogP contribution in [0.2, 0.25) is 0 Å². The highest BCUT2D eigenvalue weighted by atomic mass is 16.1. The smallest absolute Gasteiger partial charge is 0.276 e. The fourth-order valence-electron chi connectivity index (χ4n) is 2.32. The molecule has 1 aromatic carbocycles. The number of aryl methyl sites for hydroxylation is 2. The van der Waals surface area contributed by atoms with E-state index in [0.717, 1.165) is 42.6 Å². The van der Waals surface area contributed by atoms with Gasteiger partial charge in [-0.1, -0.05) is 38.5 Å². The van der Waals surface area contributed by atoms with E-state index < -0.39 is 0 Å². The molecule has 5 heteroatoms. The topological polar surface area (TPSA) is 66.9 Å². The van der Waals surface area contributed by atoms with Crippen molar-refractivity contribution in [2.24, 2.45) is 0 Å². The van der Waals surface area contributed by atoms with Gasteiger partial charge in [0.15, 0.2) is 5.69 Å². The van der Waals surface area contributed by atoms with Crippen LogP contribution < -0.4 is 10.6 Å². The first kappa shape index (κ1) is 16.9. The number of nitrogens with zero attached hydrogens (tertiary/aromatic N) is 2. The number of para-hydroxylation sites is 1. The van der Waals surface area contributed by atoms with Crippen molar-refractivity contribution < 1.29 is 4.79 Å². The molecule has 122 valence electrons. The summed E-state index contributed by atoms with van der Waals surface area (Å²) in [7, 11) is 0. The lowest BCUT2D eigenvalue weighted by Gasteiger charge is -2.12. The fourth-order valence-corrected chi connectivity index (χ4v) is 2.32. The molecule has 0 spiro atoms. The number of carbonyl (C=O) groups is 1. The van der Waals surface area contributed by atoms with E-state index in [1.165, 1.54) is 0 Å². The van der Waals surface area contributed by atoms with Crippen molar-refractivity contribution in [3.05, 3.63) is 47.2 Å². The molecule has 0 bridgehead atoms. The number of hydrogen-bond acceptors (Lipinski definition) is 4. The summed E-state index contributed by atoms with van der Waals surface area (Å²) in [6.07, 6.45) is 3.07. The average molecular weight is 312 g/mol. The summed E-state index contributed by atoms with van der Waals surface area (Å²) in [4.78, 5) is 12.4. The van der Waals surface area contributed by atoms with Crippen molar-refractivity contribution in [1.82, 2.24) is 10.2 Å². The summed E-state index contributed by atoms with van der Waals surface area (Å²) in [6.45, 7) is 7.05. The van der Waals surface area contributed by atoms with Gasteiger partial charge in [-0.15, -0.1) is 10.2 Å². The zero-order valence-electron chi connectivity index (χ0n) is 14.0. The van der Waals surface area contributed by atoms with E-state index in [9.17, 15) is 4.79 Å². The summed E-state index contributed by atoms with van der Waals surface area (Å²) in [5, 5.41) is 14.2. The van der Waals surface area contributed by atoms with Gasteiger partial charge in [-0.3, -0.25) is 4.79 Å². The van der Waals surface area contributed by atoms with E-state index in [2.05, 4.69) is 34.7 Å². The molecule has 2 N–H and O–H groups in total. The van der Waals surface area contributed by atoms with Gasteiger partial charge in [0.1, 0.15) is 5.82 Å². The molecular weight excluding hydrogens is 288 g/mol. The second-order valence-electron chi connectivity index (χ2n) is 5.50. The second kappa shape index (κ2) is 8.27. The summed E-state index contributed by atoms with van der Waals surface area (Å²) in [6, 6.07) is 9.49. The van der Waals surface area contributed by atoms with Crippen LogP contribution >= 0.6 is 0 Å². The molecule has 23 heavy (non-hydrogen) atoms. The molecule has 1 aromatic heterocycles. The van der Waals surface area contributed by atoms with Crippen LogP contribution in [0.15, 0.2) is 30.3 Å². The van der Waals surface area contributed by atoms with Crippen LogP contribution in [-0.4, -0.2) is 22.6 Å². The zero-order chi connectivity index (χ0) is 16.7. The van der Waals surface area contributed by atoms with Crippen LogP contribution in [-0.2, 0) is 6.42 Å². The molecule has 0 atom stereocenters. The van der Waals surface area contributed by atoms with Gasteiger partial charge in [0, 0.05) is 12.2 Å². The van der Waals surface area contributed by atoms with Crippen molar-refractivity contribution in [2.75, 3.05) is 17.2 Å². The van der Waals surface area contributed by atoms with Gasteiger partial charge in [-0.05, 0) is 43.0 Å². The Balaban J connectivity index is 2.06. The SMILES string of the molecule is CCCCNc1ccc(C(=O)Nc2c(C)cccc2CC)nn1. The molecule has 2 aromatic rings. The minimum Gasteiger partial charge on any atom is -0.369 e. The van der Waals surface area contributed by atoms with E-state index >= 15 is 0 Å². The summed E-state index contributed by atoms with van der Waals surface area (Å²) in [5.41, 5.74) is 3.34. The first-order valence-electron chi connectivity index (χ1n) is 8.13. The highest BCUT2D eigenvalue weighted by molar-refractivity contribution is 6.03. The van der Waals surface area contributed by atoms with Gasteiger partial charge < -0.3 is 10.6 Å². The third-order valence-corrected chi connectivity index (χ3v) is 3.71. The van der Waals surface area contributed by atoms with Crippen molar-refractivity contribution >= 4 is 17.4 Å². The van der Waals surface area contributed by atoms with Crippen molar-refractivity contribution in [1.29, 1.82) is 0 Å². The molecule has 0 saturated carbocycles. The molecule has 0 aliphatic carbocycles. The van der Waals surface area contributed by atoms with Crippen LogP contribution in [0.3, 0.4) is 0 Å². The number of anilines is 2. The van der Waals surface area contributed by atoms with Gasteiger partial charge in [-0.2, -0.15) is 0 Å². The van der Waals surface area contributed by atoms with Gasteiger partial charge in [-0.25, -0.2) is 0 Å². The van der Waals surface area contributed by atoms with Crippen molar-refractivity contribution in [3.63, 3.8) is 0 Å². The first-order valence-corrected chi connectivity index (χ1v) is 8.13. The predicted octanol–water partition coefficient (Wildman–Crippen LogP) is 3.81. The first-order chi connectivity index (χ1) is 11.2. The number of aromatic nitrogens is 2. The lowest BCUT2D eigenvalue weighted by atomic mass is 10.1. The maximum atomic E-state index is 12.4. The van der Waals surface area contributed by atoms with E-state index in [4.69, 9.17) is 0 Å². The van der Waals surface area contributed by atoms with Gasteiger partial charge in [0.2, 0.25) is 0 Å². The lowest BCUT2D eigenvalue weighted by molar-refractivity contribution is 0.102. The molecule has 0 saturated heterocycles. The van der Waals surface area contributed by atoms with Gasteiger partial charge in [0.25, 0.3) is 5.91 Å². The van der Waals surface area contributed by atoms with Crippen LogP contribution in [0.5, 0.6) is 0 Å². The maximum absolute atomic E-state index is 12.4. The Bertz CT molecular complexity index is 653. The molecule has 0 aliphatic heterocycles. The maximum Gasteiger partial charge on any atom is 0.276 e. The molecule has 0 fully saturated rings. The number of amides is 1. The Morgan fingerprint density at radius 1 is 1.13 bits per heavy atom. The molecule has 2 rings (SSSR count). The normalized spacial score (nSPS) is 10.4. The second-order valence-corrected chi connectivity index (χ2v) is 5.50. The van der Waals surface area contributed by atoms with E-state index in [1.807, 2.05) is 25.1 Å². The van der Waals surface area contributed by atoms with Gasteiger partial charge >= 0.3 is 0 Å². The lowest BCUT2D eigenvalue weighted by Crippen LogP contribution is -2.16. The number of unbranched alkanes of at least 4 members (excludes halogenated alkanes) is 1. The number of rotatable bonds is 7. The third-order valence-electron chi connectivity index (χ3n) is 3.71. The van der Waals surface area contributed by atoms with Crippen molar-refractivity contribution in [2.45, 2.75) is 40.0 Å². The van der Waals surface area contributed by atoms with Crippen molar-refractivity contribution in [3.8, 4) is 0 Å². The molecule has 0 unspecified atom stereocenters. The summed E-state index contributed by atoms with van der Waals surface area (Å²) >= 11 is 0. The number of benzene rings is 1. The highest BCUT2D eigenvalue weighted by Crippen LogP contribution is 2.21. The fraction of sp³-hybridized carbons (Fsp3) is 0.389. The quantitative estimate of drug-likeness (QED) is 0.763. The summed E-state index contributed by atoms with van der Waals surface area (Å²) < 4.78 is 0. The molecule has 1 amide bonds. The monoisotopic (exact) mass is 312 g/mol. The average Bonchev–Trinajstić information content (AvgIpc) is 2.57. The Morgan fingerprint density at radius 2 is 1.96 bits per heavy atom. The standard InChI is InChI=1S/C18H24N4O/c1-4-6-12-19-16-11-10-15(21-22-16)18(23)20-17-13(3)8-7-9-14(17)5-2/h7-11H,4-6,12H2,1-3H3,(H,19,22)(H,20,23). The van der Waals surface area contributed by atoms with E-state index in [0.29, 0.717) is 11.5 Å². The van der Waals surface area contributed by atoms with Gasteiger partial charge in [0.05, 0.1) is 0 Å². The predicted molar refractivity (Wildman–Crippen MR) is 93.9 cm³/mol. The molecule has 0 aliphatic rings. The molecule has 0 radical (unpaired) electrons. The highest BCUT2D eigenvalue weighted by Gasteiger charge is 2.12. The summed E-state index contributed by atoms with van der Waals surface area (Å²) in [5.74, 6) is 0.460. The number of hydrogen-bond donors (Lipinski definition) is 2. The Kier molecular flexibility index (Phi) is 6.09. The third kappa shape index (κ3) is 4.52. The van der Waals surface area contributed by atoms with E-state index in [-0.39, 0.29) is 5.91 Å². The Morgan fingerprint density at radius 3 is 2.61 bits per heavy atom.